The maximum Gasteiger partial charge on any atom is 0.319 e. The van der Waals surface area contributed by atoms with E-state index in [-0.39, 0.29) is 81.8 Å². The van der Waals surface area contributed by atoms with Crippen LogP contribution in [0.1, 0.15) is 65.7 Å². The zero-order valence-electron chi connectivity index (χ0n) is 30.9. The van der Waals surface area contributed by atoms with Crippen LogP contribution in [0.25, 0.3) is 32.9 Å². The second-order valence-electron chi connectivity index (χ2n) is 15.9. The minimum atomic E-state index is -1.23. The normalized spacial score (nSPS) is 29.7. The number of aliphatic hydroxyl groups is 1. The molecule has 0 radical (unpaired) electrons. The molecule has 4 aliphatic rings. The van der Waals surface area contributed by atoms with Crippen molar-refractivity contribution in [2.75, 3.05) is 51.5 Å². The van der Waals surface area contributed by atoms with Crippen LogP contribution in [-0.2, 0) is 9.47 Å². The van der Waals surface area contributed by atoms with Crippen molar-refractivity contribution in [3.8, 4) is 28.9 Å². The van der Waals surface area contributed by atoms with E-state index in [1.54, 1.807) is 13.0 Å². The number of pyridine rings is 1. The summed E-state index contributed by atoms with van der Waals surface area (Å²) in [7, 11) is 1.41. The van der Waals surface area contributed by atoms with E-state index in [1.807, 2.05) is 4.90 Å². The van der Waals surface area contributed by atoms with Gasteiger partial charge in [0.1, 0.15) is 39.6 Å². The summed E-state index contributed by atoms with van der Waals surface area (Å²) in [5, 5.41) is 22.5. The number of piperidine rings is 1. The quantitative estimate of drug-likeness (QED) is 0.220. The molecule has 3 saturated heterocycles. The second-order valence-corrected chi connectivity index (χ2v) is 15.9. The summed E-state index contributed by atoms with van der Waals surface area (Å²) in [6, 6.07) is 7.95. The first-order valence-corrected chi connectivity index (χ1v) is 18.9. The van der Waals surface area contributed by atoms with Gasteiger partial charge in [-0.1, -0.05) is 18.6 Å². The summed E-state index contributed by atoms with van der Waals surface area (Å²) >= 11 is 0. The van der Waals surface area contributed by atoms with Gasteiger partial charge in [-0.25, -0.2) is 13.8 Å². The highest BCUT2D eigenvalue weighted by atomic mass is 19.1. The molecule has 53 heavy (non-hydrogen) atoms. The van der Waals surface area contributed by atoms with E-state index < -0.39 is 17.2 Å². The molecule has 3 aliphatic heterocycles. The predicted molar refractivity (Wildman–Crippen MR) is 197 cm³/mol. The summed E-state index contributed by atoms with van der Waals surface area (Å²) < 4.78 is 56.7. The Bertz CT molecular complexity index is 2010. The van der Waals surface area contributed by atoms with E-state index in [2.05, 4.69) is 23.7 Å². The molecular formula is C40H49F2N5O6. The third kappa shape index (κ3) is 6.74. The monoisotopic (exact) mass is 733 g/mol. The molecule has 2 aromatic carbocycles. The maximum absolute atomic E-state index is 17.2. The standard InChI is InChI=1S/C40H49F2N5O6/c1-23-16-26(17-24(2)53-23)47-13-7-12-40(11-6-10-30(40)47)22-52-38-44-35-32(36(45-38)46-14-15-51-21-39(3,49)20-46)37(50-4)43-34(33(35)42)28-19-27(48)18-25-8-5-9-29(41)31(25)28/h5,8-9,18-19,23-24,26,30,48-49H,6-7,10-17,20-22H2,1-4H3/t23-,24+,26?,30?,39-,40?/m0/s1. The lowest BCUT2D eigenvalue weighted by Crippen LogP contribution is -2.57. The third-order valence-electron chi connectivity index (χ3n) is 11.8. The van der Waals surface area contributed by atoms with E-state index in [1.165, 1.54) is 31.4 Å². The van der Waals surface area contributed by atoms with E-state index in [4.69, 9.17) is 28.9 Å². The van der Waals surface area contributed by atoms with Gasteiger partial charge in [-0.05, 0) is 89.4 Å². The lowest BCUT2D eigenvalue weighted by atomic mass is 9.74. The van der Waals surface area contributed by atoms with Crippen molar-refractivity contribution in [2.24, 2.45) is 5.41 Å². The van der Waals surface area contributed by atoms with Crippen LogP contribution in [-0.4, -0.2) is 107 Å². The number of ether oxygens (including phenoxy) is 4. The summed E-state index contributed by atoms with van der Waals surface area (Å²) in [5.41, 5.74) is -1.65. The number of nitrogens with zero attached hydrogens (tertiary/aromatic N) is 5. The molecule has 4 fully saturated rings. The number of aromatic hydroxyl groups is 1. The Morgan fingerprint density at radius 1 is 1.02 bits per heavy atom. The molecule has 4 aromatic rings. The fraction of sp³-hybridized carbons (Fsp3) is 0.575. The van der Waals surface area contributed by atoms with Gasteiger partial charge < -0.3 is 34.1 Å². The first-order chi connectivity index (χ1) is 25.4. The van der Waals surface area contributed by atoms with Crippen molar-refractivity contribution in [2.45, 2.75) is 95.6 Å². The van der Waals surface area contributed by atoms with Gasteiger partial charge in [0.2, 0.25) is 5.88 Å². The van der Waals surface area contributed by atoms with E-state index in [0.29, 0.717) is 37.2 Å². The van der Waals surface area contributed by atoms with Gasteiger partial charge in [0.15, 0.2) is 5.82 Å². The summed E-state index contributed by atoms with van der Waals surface area (Å²) in [5.74, 6) is -1.31. The molecule has 284 valence electrons. The molecule has 6 atom stereocenters. The fourth-order valence-electron chi connectivity index (χ4n) is 9.69. The minimum Gasteiger partial charge on any atom is -0.508 e. The zero-order valence-corrected chi connectivity index (χ0v) is 30.9. The van der Waals surface area contributed by atoms with Gasteiger partial charge in [0.05, 0.1) is 45.7 Å². The number of β-amino-alcohol motifs (C(OH)–C–C–N with tert-alkyl or cyclic N) is 1. The van der Waals surface area contributed by atoms with E-state index >= 15 is 8.78 Å². The van der Waals surface area contributed by atoms with Crippen LogP contribution < -0.4 is 14.4 Å². The van der Waals surface area contributed by atoms with Gasteiger partial charge in [-0.2, -0.15) is 9.97 Å². The number of anilines is 1. The molecular weight excluding hydrogens is 684 g/mol. The van der Waals surface area contributed by atoms with Gasteiger partial charge in [0, 0.05) is 35.0 Å². The zero-order chi connectivity index (χ0) is 37.1. The molecule has 5 heterocycles. The summed E-state index contributed by atoms with van der Waals surface area (Å²) in [6.07, 6.45) is 7.72. The Morgan fingerprint density at radius 2 is 1.81 bits per heavy atom. The fourth-order valence-corrected chi connectivity index (χ4v) is 9.69. The first-order valence-electron chi connectivity index (χ1n) is 18.9. The number of hydrogen-bond acceptors (Lipinski definition) is 11. The number of benzene rings is 2. The van der Waals surface area contributed by atoms with Gasteiger partial charge in [-0.3, -0.25) is 4.90 Å². The van der Waals surface area contributed by atoms with Crippen molar-refractivity contribution in [3.05, 3.63) is 42.0 Å². The number of aromatic nitrogens is 3. The molecule has 0 spiro atoms. The molecule has 1 saturated carbocycles. The number of phenols is 1. The van der Waals surface area contributed by atoms with Crippen LogP contribution in [0.2, 0.25) is 0 Å². The Kier molecular flexibility index (Phi) is 9.57. The van der Waals surface area contributed by atoms with Crippen LogP contribution in [0.15, 0.2) is 30.3 Å². The minimum absolute atomic E-state index is 0.00665. The Hall–Kier alpha value is -3.91. The lowest BCUT2D eigenvalue weighted by molar-refractivity contribution is -0.0967. The number of phenolic OH excluding ortho intramolecular Hbond substituents is 1. The number of hydrogen-bond donors (Lipinski definition) is 2. The Balaban J connectivity index is 1.23. The Morgan fingerprint density at radius 3 is 2.60 bits per heavy atom. The van der Waals surface area contributed by atoms with Crippen molar-refractivity contribution in [3.63, 3.8) is 0 Å². The lowest BCUT2D eigenvalue weighted by Gasteiger charge is -2.51. The smallest absolute Gasteiger partial charge is 0.319 e. The average Bonchev–Trinajstić information content (AvgIpc) is 3.47. The molecule has 3 unspecified atom stereocenters. The van der Waals surface area contributed by atoms with Crippen LogP contribution >= 0.6 is 0 Å². The van der Waals surface area contributed by atoms with E-state index in [0.717, 1.165) is 51.5 Å². The second kappa shape index (κ2) is 14.1. The highest BCUT2D eigenvalue weighted by Crippen LogP contribution is 2.50. The van der Waals surface area contributed by atoms with E-state index in [9.17, 15) is 10.2 Å². The molecule has 11 nitrogen and oxygen atoms in total. The van der Waals surface area contributed by atoms with Crippen LogP contribution in [0.4, 0.5) is 14.6 Å². The summed E-state index contributed by atoms with van der Waals surface area (Å²) in [4.78, 5) is 18.7. The predicted octanol–water partition coefficient (Wildman–Crippen LogP) is 6.39. The van der Waals surface area contributed by atoms with Gasteiger partial charge in [-0.15, -0.1) is 0 Å². The molecule has 0 amide bonds. The van der Waals surface area contributed by atoms with Crippen molar-refractivity contribution in [1.29, 1.82) is 0 Å². The van der Waals surface area contributed by atoms with Crippen LogP contribution in [0.3, 0.4) is 0 Å². The first kappa shape index (κ1) is 36.1. The topological polar surface area (TPSA) is 123 Å². The number of rotatable bonds is 7. The molecule has 0 bridgehead atoms. The molecule has 13 heteroatoms. The maximum atomic E-state index is 17.2. The van der Waals surface area contributed by atoms with Crippen molar-refractivity contribution < 1.29 is 37.9 Å². The number of halogens is 2. The number of fused-ring (bicyclic) bond motifs is 3. The Labute approximate surface area is 308 Å². The highest BCUT2D eigenvalue weighted by Gasteiger charge is 2.51. The largest absolute Gasteiger partial charge is 0.508 e. The highest BCUT2D eigenvalue weighted by molar-refractivity contribution is 6.02. The van der Waals surface area contributed by atoms with Crippen LogP contribution in [0, 0.1) is 17.0 Å². The van der Waals surface area contributed by atoms with Crippen LogP contribution in [0.5, 0.6) is 17.6 Å². The third-order valence-corrected chi connectivity index (χ3v) is 11.8. The molecule has 1 aliphatic carbocycles. The molecule has 2 aromatic heterocycles. The van der Waals surface area contributed by atoms with Gasteiger partial charge >= 0.3 is 6.01 Å². The summed E-state index contributed by atoms with van der Waals surface area (Å²) in [6.45, 7) is 8.32. The average molecular weight is 734 g/mol. The molecule has 2 N–H and O–H groups in total. The molecule has 8 rings (SSSR count). The number of methoxy groups -OCH3 is 1. The van der Waals surface area contributed by atoms with Gasteiger partial charge in [0.25, 0.3) is 0 Å². The SMILES string of the molecule is COc1nc(-c2cc(O)cc3cccc(F)c23)c(F)c2nc(OCC34CCCC3N(C3C[C@@H](C)O[C@@H](C)C3)CCC4)nc(N3CCOC[C@@](C)(O)C3)c12. The van der Waals surface area contributed by atoms with Crippen molar-refractivity contribution in [1.82, 2.24) is 19.9 Å². The van der Waals surface area contributed by atoms with Crippen molar-refractivity contribution >= 4 is 27.5 Å². The number of likely N-dealkylation sites (tertiary alicyclic amines) is 1.